The maximum absolute atomic E-state index is 10.8. The number of hydrogen-bond donors (Lipinski definition) is 4. The summed E-state index contributed by atoms with van der Waals surface area (Å²) in [6.07, 6.45) is 2.77. The molecular formula is C13H16N2O4. The fourth-order valence-corrected chi connectivity index (χ4v) is 1.31. The first-order valence-corrected chi connectivity index (χ1v) is 5.70. The number of carboxylic acid groups (broad SMARTS) is 1. The van der Waals surface area contributed by atoms with Crippen LogP contribution in [0, 0.1) is 0 Å². The van der Waals surface area contributed by atoms with Gasteiger partial charge < -0.3 is 10.4 Å². The van der Waals surface area contributed by atoms with Gasteiger partial charge in [-0.1, -0.05) is 24.3 Å². The zero-order valence-electron chi connectivity index (χ0n) is 10.5. The lowest BCUT2D eigenvalue weighted by molar-refractivity contribution is -0.139. The lowest BCUT2D eigenvalue weighted by Crippen LogP contribution is -2.33. The Kier molecular flexibility index (Phi) is 5.72. The summed E-state index contributed by atoms with van der Waals surface area (Å²) in [6.45, 7) is 2.03. The summed E-state index contributed by atoms with van der Waals surface area (Å²) in [5.41, 5.74) is 3.24. The largest absolute Gasteiger partial charge is 0.480 e. The number of nitrogens with one attached hydrogen (secondary N) is 2. The lowest BCUT2D eigenvalue weighted by Gasteiger charge is -2.08. The van der Waals surface area contributed by atoms with Gasteiger partial charge in [-0.25, -0.2) is 5.48 Å². The molecule has 0 spiro atoms. The Balaban J connectivity index is 2.54. The fourth-order valence-electron chi connectivity index (χ4n) is 1.31. The molecular weight excluding hydrogens is 248 g/mol. The second kappa shape index (κ2) is 7.30. The minimum absolute atomic E-state index is 0.453. The minimum Gasteiger partial charge on any atom is -0.480 e. The van der Waals surface area contributed by atoms with Crippen molar-refractivity contribution in [3.05, 3.63) is 41.5 Å². The van der Waals surface area contributed by atoms with E-state index in [2.05, 4.69) is 5.32 Å². The Bertz CT molecular complexity index is 468. The summed E-state index contributed by atoms with van der Waals surface area (Å²) >= 11 is 0. The first-order valence-electron chi connectivity index (χ1n) is 5.70. The smallest absolute Gasteiger partial charge is 0.320 e. The number of carbonyl (C=O) groups excluding carboxylic acids is 1. The van der Waals surface area contributed by atoms with Crippen molar-refractivity contribution in [2.24, 2.45) is 0 Å². The Morgan fingerprint density at radius 1 is 1.32 bits per heavy atom. The van der Waals surface area contributed by atoms with Crippen LogP contribution in [0.3, 0.4) is 0 Å². The molecule has 0 aromatic heterocycles. The Morgan fingerprint density at radius 3 is 2.47 bits per heavy atom. The van der Waals surface area contributed by atoms with Crippen LogP contribution in [0.4, 0.5) is 0 Å². The molecule has 0 unspecified atom stereocenters. The van der Waals surface area contributed by atoms with E-state index >= 15 is 0 Å². The Labute approximate surface area is 110 Å². The molecule has 19 heavy (non-hydrogen) atoms. The zero-order valence-corrected chi connectivity index (χ0v) is 10.5. The quantitative estimate of drug-likeness (QED) is 0.345. The molecule has 1 aromatic carbocycles. The highest BCUT2D eigenvalue weighted by atomic mass is 16.5. The predicted molar refractivity (Wildman–Crippen MR) is 69.3 cm³/mol. The van der Waals surface area contributed by atoms with Gasteiger partial charge in [0.25, 0.3) is 5.91 Å². The van der Waals surface area contributed by atoms with E-state index in [1.807, 2.05) is 12.1 Å². The number of hydrogen-bond acceptors (Lipinski definition) is 4. The summed E-state index contributed by atoms with van der Waals surface area (Å²) in [5.74, 6) is -1.49. The van der Waals surface area contributed by atoms with Crippen molar-refractivity contribution in [3.63, 3.8) is 0 Å². The van der Waals surface area contributed by atoms with E-state index in [1.165, 1.54) is 11.6 Å². The van der Waals surface area contributed by atoms with E-state index in [1.54, 1.807) is 25.1 Å². The van der Waals surface area contributed by atoms with Gasteiger partial charge in [0, 0.05) is 12.6 Å². The highest BCUT2D eigenvalue weighted by molar-refractivity contribution is 5.90. The van der Waals surface area contributed by atoms with Crippen LogP contribution in [0.1, 0.15) is 18.1 Å². The molecule has 1 atom stereocenters. The van der Waals surface area contributed by atoms with Crippen molar-refractivity contribution in [2.75, 3.05) is 0 Å². The maximum atomic E-state index is 10.8. The van der Waals surface area contributed by atoms with Gasteiger partial charge in [-0.3, -0.25) is 14.8 Å². The van der Waals surface area contributed by atoms with Crippen LogP contribution < -0.4 is 10.8 Å². The van der Waals surface area contributed by atoms with Crippen LogP contribution in [0.25, 0.3) is 6.08 Å². The van der Waals surface area contributed by atoms with Gasteiger partial charge in [0.05, 0.1) is 0 Å². The molecule has 0 saturated heterocycles. The van der Waals surface area contributed by atoms with E-state index < -0.39 is 17.9 Å². The van der Waals surface area contributed by atoms with Gasteiger partial charge in [0.2, 0.25) is 0 Å². The maximum Gasteiger partial charge on any atom is 0.320 e. The number of carbonyl (C=O) groups is 2. The van der Waals surface area contributed by atoms with E-state index in [4.69, 9.17) is 10.3 Å². The molecule has 0 aliphatic heterocycles. The van der Waals surface area contributed by atoms with Gasteiger partial charge >= 0.3 is 5.97 Å². The molecule has 0 aliphatic rings. The summed E-state index contributed by atoms with van der Waals surface area (Å²) in [6, 6.07) is 6.65. The molecule has 6 nitrogen and oxygen atoms in total. The first kappa shape index (κ1) is 14.9. The first-order chi connectivity index (χ1) is 9.02. The number of hydroxylamine groups is 1. The summed E-state index contributed by atoms with van der Waals surface area (Å²) in [5, 5.41) is 19.9. The molecule has 1 rings (SSSR count). The predicted octanol–water partition coefficient (Wildman–Crippen LogP) is 0.768. The summed E-state index contributed by atoms with van der Waals surface area (Å²) < 4.78 is 0. The van der Waals surface area contributed by atoms with Crippen LogP contribution in [-0.4, -0.2) is 28.2 Å². The SMILES string of the molecule is C[C@H](NCc1ccc(/C=C/C(=O)NO)cc1)C(=O)O. The average molecular weight is 264 g/mol. The number of rotatable bonds is 6. The number of benzene rings is 1. The van der Waals surface area contributed by atoms with E-state index in [0.717, 1.165) is 11.1 Å². The highest BCUT2D eigenvalue weighted by Gasteiger charge is 2.08. The van der Waals surface area contributed by atoms with Crippen LogP contribution in [0.15, 0.2) is 30.3 Å². The summed E-state index contributed by atoms with van der Waals surface area (Å²) in [4.78, 5) is 21.4. The second-order valence-electron chi connectivity index (χ2n) is 3.99. The van der Waals surface area contributed by atoms with E-state index in [9.17, 15) is 9.59 Å². The van der Waals surface area contributed by atoms with Gasteiger partial charge in [-0.15, -0.1) is 0 Å². The third-order valence-corrected chi connectivity index (χ3v) is 2.50. The van der Waals surface area contributed by atoms with Crippen LogP contribution in [-0.2, 0) is 16.1 Å². The summed E-state index contributed by atoms with van der Waals surface area (Å²) in [7, 11) is 0. The molecule has 0 saturated carbocycles. The molecule has 1 aromatic rings. The van der Waals surface area contributed by atoms with Gasteiger partial charge in [-0.05, 0) is 24.1 Å². The molecule has 102 valence electrons. The molecule has 0 bridgehead atoms. The molecule has 4 N–H and O–H groups in total. The van der Waals surface area contributed by atoms with Gasteiger partial charge in [0.1, 0.15) is 6.04 Å². The lowest BCUT2D eigenvalue weighted by atomic mass is 10.1. The Morgan fingerprint density at radius 2 is 1.95 bits per heavy atom. The molecule has 0 heterocycles. The van der Waals surface area contributed by atoms with Gasteiger partial charge in [-0.2, -0.15) is 0 Å². The van der Waals surface area contributed by atoms with Crippen molar-refractivity contribution in [2.45, 2.75) is 19.5 Å². The van der Waals surface area contributed by atoms with E-state index in [-0.39, 0.29) is 0 Å². The normalized spacial score (nSPS) is 12.3. The van der Waals surface area contributed by atoms with Crippen molar-refractivity contribution < 1.29 is 19.9 Å². The number of aliphatic carboxylic acids is 1. The third-order valence-electron chi connectivity index (χ3n) is 2.50. The van der Waals surface area contributed by atoms with Gasteiger partial charge in [0.15, 0.2) is 0 Å². The zero-order chi connectivity index (χ0) is 14.3. The standard InChI is InChI=1S/C13H16N2O4/c1-9(13(17)18)14-8-11-4-2-10(3-5-11)6-7-12(16)15-19/h2-7,9,14,19H,8H2,1H3,(H,15,16)(H,17,18)/b7-6+/t9-/m0/s1. The van der Waals surface area contributed by atoms with Crippen LogP contribution in [0.2, 0.25) is 0 Å². The Hall–Kier alpha value is -2.18. The molecule has 1 amide bonds. The van der Waals surface area contributed by atoms with Crippen molar-refractivity contribution >= 4 is 18.0 Å². The minimum atomic E-state index is -0.894. The molecule has 0 fully saturated rings. The average Bonchev–Trinajstić information content (AvgIpc) is 2.42. The molecule has 6 heteroatoms. The highest BCUT2D eigenvalue weighted by Crippen LogP contribution is 2.06. The van der Waals surface area contributed by atoms with Crippen molar-refractivity contribution in [3.8, 4) is 0 Å². The monoisotopic (exact) mass is 264 g/mol. The second-order valence-corrected chi connectivity index (χ2v) is 3.99. The van der Waals surface area contributed by atoms with Crippen LogP contribution >= 0.6 is 0 Å². The van der Waals surface area contributed by atoms with Crippen molar-refractivity contribution in [1.82, 2.24) is 10.8 Å². The van der Waals surface area contributed by atoms with Crippen molar-refractivity contribution in [1.29, 1.82) is 0 Å². The number of carboxylic acids is 1. The van der Waals surface area contributed by atoms with Crippen LogP contribution in [0.5, 0.6) is 0 Å². The molecule has 0 radical (unpaired) electrons. The molecule has 0 aliphatic carbocycles. The topological polar surface area (TPSA) is 98.7 Å². The fraction of sp³-hybridized carbons (Fsp3) is 0.231. The van der Waals surface area contributed by atoms with E-state index in [0.29, 0.717) is 6.54 Å². The third kappa shape index (κ3) is 5.33. The number of amides is 1.